The molecule has 2 bridgehead atoms. The maximum absolute atomic E-state index is 12.5. The monoisotopic (exact) mass is 345 g/mol. The Bertz CT molecular complexity index is 498. The van der Waals surface area contributed by atoms with Gasteiger partial charge in [-0.2, -0.15) is 0 Å². The van der Waals surface area contributed by atoms with Gasteiger partial charge in [-0.1, -0.05) is 6.42 Å². The molecule has 0 saturated heterocycles. The summed E-state index contributed by atoms with van der Waals surface area (Å²) in [6, 6.07) is 2.23. The van der Waals surface area contributed by atoms with Crippen LogP contribution in [0.15, 0.2) is 18.5 Å². The summed E-state index contributed by atoms with van der Waals surface area (Å²) in [4.78, 5) is 16.6. The summed E-state index contributed by atoms with van der Waals surface area (Å²) < 4.78 is 0. The van der Waals surface area contributed by atoms with Crippen LogP contribution in [0.25, 0.3) is 0 Å². The van der Waals surface area contributed by atoms with E-state index in [1.54, 1.807) is 12.4 Å². The zero-order valence-electron chi connectivity index (χ0n) is 12.8. The van der Waals surface area contributed by atoms with Crippen molar-refractivity contribution in [2.45, 2.75) is 45.1 Å². The number of carbonyl (C=O) groups excluding carboxylic acids is 1. The second kappa shape index (κ2) is 8.14. The maximum Gasteiger partial charge on any atom is 0.227 e. The molecule has 4 nitrogen and oxygen atoms in total. The number of carbonyl (C=O) groups is 1. The number of anilines is 1. The van der Waals surface area contributed by atoms with E-state index < -0.39 is 0 Å². The molecule has 1 amide bonds. The Morgan fingerprint density at radius 1 is 1.27 bits per heavy atom. The molecule has 22 heavy (non-hydrogen) atoms. The molecule has 3 rings (SSSR count). The topological polar surface area (TPSA) is 68.0 Å². The van der Waals surface area contributed by atoms with Crippen LogP contribution in [0.3, 0.4) is 0 Å². The predicted molar refractivity (Wildman–Crippen MR) is 93.6 cm³/mol. The number of nitrogens with one attached hydrogen (secondary N) is 1. The van der Waals surface area contributed by atoms with Gasteiger partial charge in [-0.15, -0.1) is 24.8 Å². The Kier molecular flexibility index (Phi) is 7.10. The van der Waals surface area contributed by atoms with E-state index in [4.69, 9.17) is 5.73 Å². The van der Waals surface area contributed by atoms with Gasteiger partial charge in [-0.05, 0) is 56.1 Å². The lowest BCUT2D eigenvalue weighted by atomic mass is 9.65. The van der Waals surface area contributed by atoms with Crippen molar-refractivity contribution in [2.24, 2.45) is 23.5 Å². The van der Waals surface area contributed by atoms with Gasteiger partial charge in [0.25, 0.3) is 0 Å². The van der Waals surface area contributed by atoms with E-state index in [9.17, 15) is 4.79 Å². The highest BCUT2D eigenvalue weighted by molar-refractivity contribution is 5.93. The van der Waals surface area contributed by atoms with Crippen LogP contribution in [0.1, 0.15) is 37.7 Å². The van der Waals surface area contributed by atoms with Crippen molar-refractivity contribution in [1.82, 2.24) is 4.98 Å². The minimum atomic E-state index is 0. The van der Waals surface area contributed by atoms with E-state index >= 15 is 0 Å². The summed E-state index contributed by atoms with van der Waals surface area (Å²) >= 11 is 0. The third kappa shape index (κ3) is 3.92. The van der Waals surface area contributed by atoms with E-state index in [0.29, 0.717) is 17.9 Å². The largest absolute Gasteiger partial charge is 0.327 e. The van der Waals surface area contributed by atoms with Crippen LogP contribution < -0.4 is 11.1 Å². The molecule has 0 radical (unpaired) electrons. The molecule has 2 saturated carbocycles. The smallest absolute Gasteiger partial charge is 0.227 e. The van der Waals surface area contributed by atoms with Gasteiger partial charge in [0.05, 0.1) is 11.9 Å². The van der Waals surface area contributed by atoms with Gasteiger partial charge in [-0.3, -0.25) is 9.78 Å². The van der Waals surface area contributed by atoms with Gasteiger partial charge < -0.3 is 11.1 Å². The number of nitrogens with two attached hydrogens (primary N) is 1. The third-order valence-corrected chi connectivity index (χ3v) is 5.08. The van der Waals surface area contributed by atoms with Gasteiger partial charge in [0.1, 0.15) is 0 Å². The van der Waals surface area contributed by atoms with E-state index in [-0.39, 0.29) is 36.6 Å². The molecular weight excluding hydrogens is 321 g/mol. The first-order valence-corrected chi connectivity index (χ1v) is 7.62. The lowest BCUT2D eigenvalue weighted by molar-refractivity contribution is -0.122. The third-order valence-electron chi connectivity index (χ3n) is 5.08. The van der Waals surface area contributed by atoms with Crippen LogP contribution in [0, 0.1) is 24.7 Å². The first kappa shape index (κ1) is 19.2. The zero-order chi connectivity index (χ0) is 14.1. The first-order chi connectivity index (χ1) is 9.65. The van der Waals surface area contributed by atoms with E-state index in [1.165, 1.54) is 19.3 Å². The Labute approximate surface area is 144 Å². The molecule has 2 fully saturated rings. The highest BCUT2D eigenvalue weighted by Gasteiger charge is 2.40. The van der Waals surface area contributed by atoms with Crippen molar-refractivity contribution in [3.05, 3.63) is 24.0 Å². The van der Waals surface area contributed by atoms with Crippen molar-refractivity contribution >= 4 is 36.4 Å². The molecule has 0 aliphatic heterocycles. The van der Waals surface area contributed by atoms with Crippen molar-refractivity contribution in [2.75, 3.05) is 5.32 Å². The number of hydrogen-bond donors (Lipinski definition) is 2. The van der Waals surface area contributed by atoms with Crippen LogP contribution in [-0.4, -0.2) is 16.9 Å². The van der Waals surface area contributed by atoms with E-state index in [0.717, 1.165) is 24.1 Å². The fourth-order valence-electron chi connectivity index (χ4n) is 3.83. The summed E-state index contributed by atoms with van der Waals surface area (Å²) in [5.41, 5.74) is 8.17. The molecule has 0 spiro atoms. The highest BCUT2D eigenvalue weighted by atomic mass is 35.5. The molecule has 6 heteroatoms. The van der Waals surface area contributed by atoms with Gasteiger partial charge >= 0.3 is 0 Å². The summed E-state index contributed by atoms with van der Waals surface area (Å²) in [6.45, 7) is 1.99. The quantitative estimate of drug-likeness (QED) is 0.863. The second-order valence-corrected chi connectivity index (χ2v) is 6.38. The Hall–Kier alpha value is -0.840. The van der Waals surface area contributed by atoms with Crippen LogP contribution in [-0.2, 0) is 4.79 Å². The summed E-state index contributed by atoms with van der Waals surface area (Å²) in [7, 11) is 0. The zero-order valence-corrected chi connectivity index (χ0v) is 14.5. The molecule has 2 aliphatic carbocycles. The normalized spacial score (nSPS) is 29.7. The van der Waals surface area contributed by atoms with Gasteiger partial charge in [-0.25, -0.2) is 0 Å². The van der Waals surface area contributed by atoms with Crippen molar-refractivity contribution in [1.29, 1.82) is 0 Å². The minimum Gasteiger partial charge on any atom is -0.327 e. The SMILES string of the molecule is Cc1ccncc1NC(=O)C1CC2CCCC(C1)C2N.Cl.Cl. The number of rotatable bonds is 2. The van der Waals surface area contributed by atoms with Gasteiger partial charge in [0.15, 0.2) is 0 Å². The molecule has 3 N–H and O–H groups in total. The molecule has 1 aromatic rings. The summed E-state index contributed by atoms with van der Waals surface area (Å²) in [6.07, 6.45) is 9.02. The Balaban J connectivity index is 0.00000121. The van der Waals surface area contributed by atoms with Crippen LogP contribution >= 0.6 is 24.8 Å². The molecule has 2 unspecified atom stereocenters. The molecule has 1 heterocycles. The number of fused-ring (bicyclic) bond motifs is 2. The molecule has 1 aromatic heterocycles. The number of amides is 1. The minimum absolute atomic E-state index is 0. The second-order valence-electron chi connectivity index (χ2n) is 6.38. The van der Waals surface area contributed by atoms with Gasteiger partial charge in [0, 0.05) is 18.2 Å². The van der Waals surface area contributed by atoms with Crippen molar-refractivity contribution < 1.29 is 4.79 Å². The predicted octanol–water partition coefficient (Wildman–Crippen LogP) is 3.33. The fourth-order valence-corrected chi connectivity index (χ4v) is 3.83. The number of aromatic nitrogens is 1. The highest BCUT2D eigenvalue weighted by Crippen LogP contribution is 2.42. The van der Waals surface area contributed by atoms with Crippen LogP contribution in [0.5, 0.6) is 0 Å². The molecule has 0 aromatic carbocycles. The van der Waals surface area contributed by atoms with Crippen LogP contribution in [0.4, 0.5) is 5.69 Å². The lowest BCUT2D eigenvalue weighted by Crippen LogP contribution is -2.48. The number of nitrogens with zero attached hydrogens (tertiary/aromatic N) is 1. The maximum atomic E-state index is 12.5. The summed E-state index contributed by atoms with van der Waals surface area (Å²) in [5, 5.41) is 3.04. The average molecular weight is 346 g/mol. The molecular formula is C16H25Cl2N3O. The number of halogens is 2. The molecule has 2 aliphatic rings. The number of pyridine rings is 1. The van der Waals surface area contributed by atoms with E-state index in [1.807, 2.05) is 13.0 Å². The van der Waals surface area contributed by atoms with Gasteiger partial charge in [0.2, 0.25) is 5.91 Å². The van der Waals surface area contributed by atoms with Crippen molar-refractivity contribution in [3.63, 3.8) is 0 Å². The summed E-state index contributed by atoms with van der Waals surface area (Å²) in [5.74, 6) is 1.33. The molecule has 2 atom stereocenters. The first-order valence-electron chi connectivity index (χ1n) is 7.62. The van der Waals surface area contributed by atoms with Crippen LogP contribution in [0.2, 0.25) is 0 Å². The number of hydrogen-bond acceptors (Lipinski definition) is 3. The van der Waals surface area contributed by atoms with E-state index in [2.05, 4.69) is 10.3 Å². The van der Waals surface area contributed by atoms with Crippen molar-refractivity contribution in [3.8, 4) is 0 Å². The lowest BCUT2D eigenvalue weighted by Gasteiger charge is -2.43. The Morgan fingerprint density at radius 2 is 1.91 bits per heavy atom. The average Bonchev–Trinajstić information content (AvgIpc) is 2.41. The number of aryl methyl sites for hydroxylation is 1. The molecule has 124 valence electrons. The standard InChI is InChI=1S/C16H23N3O.2ClH/c1-10-5-6-18-9-14(10)19-16(20)13-7-11-3-2-4-12(8-13)15(11)17;;/h5-6,9,11-13,15H,2-4,7-8,17H2,1H3,(H,19,20);2*1H. The Morgan fingerprint density at radius 3 is 2.50 bits per heavy atom. The fraction of sp³-hybridized carbons (Fsp3) is 0.625.